The fourth-order valence-electron chi connectivity index (χ4n) is 3.46. The second-order valence-corrected chi connectivity index (χ2v) is 5.89. The summed E-state index contributed by atoms with van der Waals surface area (Å²) in [6, 6.07) is 17.5. The van der Waals surface area contributed by atoms with Gasteiger partial charge in [-0.1, -0.05) is 55.0 Å². The molecule has 2 aromatic carbocycles. The van der Waals surface area contributed by atoms with E-state index in [9.17, 15) is 4.39 Å². The Morgan fingerprint density at radius 1 is 1.05 bits per heavy atom. The first-order valence-corrected chi connectivity index (χ1v) is 7.51. The molecule has 1 saturated carbocycles. The van der Waals surface area contributed by atoms with E-state index in [1.54, 1.807) is 6.07 Å². The Bertz CT molecular complexity index is 593. The van der Waals surface area contributed by atoms with Crippen molar-refractivity contribution >= 4 is 0 Å². The maximum absolute atomic E-state index is 13.9. The Morgan fingerprint density at radius 3 is 2.29 bits per heavy atom. The second kappa shape index (κ2) is 5.96. The third kappa shape index (κ3) is 2.59. The molecule has 0 amide bonds. The first kappa shape index (κ1) is 14.2. The van der Waals surface area contributed by atoms with Crippen molar-refractivity contribution in [3.63, 3.8) is 0 Å². The number of hydrogen-bond acceptors (Lipinski definition) is 2. The Kier molecular flexibility index (Phi) is 4.04. The van der Waals surface area contributed by atoms with Gasteiger partial charge in [0.1, 0.15) is 5.82 Å². The summed E-state index contributed by atoms with van der Waals surface area (Å²) in [6.07, 6.45) is 4.00. The zero-order chi connectivity index (χ0) is 14.7. The molecule has 0 spiro atoms. The molecule has 2 aromatic rings. The summed E-state index contributed by atoms with van der Waals surface area (Å²) in [5, 5.41) is 0. The Labute approximate surface area is 125 Å². The first-order valence-electron chi connectivity index (χ1n) is 7.51. The number of hydrogen-bond donors (Lipinski definition) is 2. The molecule has 3 heteroatoms. The van der Waals surface area contributed by atoms with Crippen molar-refractivity contribution in [1.29, 1.82) is 0 Å². The average Bonchev–Trinajstić information content (AvgIpc) is 2.48. The van der Waals surface area contributed by atoms with E-state index < -0.39 is 0 Å². The molecule has 2 nitrogen and oxygen atoms in total. The van der Waals surface area contributed by atoms with Gasteiger partial charge in [0.2, 0.25) is 0 Å². The van der Waals surface area contributed by atoms with E-state index in [0.717, 1.165) is 18.4 Å². The molecule has 110 valence electrons. The molecule has 1 atom stereocenters. The average molecular weight is 284 g/mol. The maximum atomic E-state index is 13.9. The standard InChI is InChI=1S/C18H21FN2/c19-16-10-5-4-7-14(16)13-17(21-20)18(11-6-12-18)15-8-2-1-3-9-15/h1-5,7-10,17,21H,6,11-13,20H2. The number of benzene rings is 2. The highest BCUT2D eigenvalue weighted by atomic mass is 19.1. The molecule has 0 heterocycles. The van der Waals surface area contributed by atoms with Crippen LogP contribution in [0, 0.1) is 5.82 Å². The monoisotopic (exact) mass is 284 g/mol. The predicted octanol–water partition coefficient (Wildman–Crippen LogP) is 3.32. The van der Waals surface area contributed by atoms with Crippen LogP contribution in [-0.2, 0) is 11.8 Å². The number of nitrogens with two attached hydrogens (primary N) is 1. The summed E-state index contributed by atoms with van der Waals surface area (Å²) < 4.78 is 13.9. The van der Waals surface area contributed by atoms with Crippen LogP contribution in [0.4, 0.5) is 4.39 Å². The van der Waals surface area contributed by atoms with Crippen molar-refractivity contribution in [3.05, 3.63) is 71.5 Å². The topological polar surface area (TPSA) is 38.0 Å². The van der Waals surface area contributed by atoms with Gasteiger partial charge in [-0.15, -0.1) is 0 Å². The molecular formula is C18H21FN2. The minimum atomic E-state index is -0.153. The van der Waals surface area contributed by atoms with E-state index in [-0.39, 0.29) is 17.3 Å². The van der Waals surface area contributed by atoms with Crippen LogP contribution < -0.4 is 11.3 Å². The Hall–Kier alpha value is -1.71. The first-order chi connectivity index (χ1) is 10.3. The molecule has 1 aliphatic carbocycles. The molecule has 1 fully saturated rings. The van der Waals surface area contributed by atoms with Crippen molar-refractivity contribution in [2.45, 2.75) is 37.1 Å². The molecule has 21 heavy (non-hydrogen) atoms. The molecule has 3 N–H and O–H groups in total. The molecule has 3 rings (SSSR count). The summed E-state index contributed by atoms with van der Waals surface area (Å²) in [7, 11) is 0. The van der Waals surface area contributed by atoms with Gasteiger partial charge in [-0.05, 0) is 36.5 Å². The second-order valence-electron chi connectivity index (χ2n) is 5.89. The lowest BCUT2D eigenvalue weighted by atomic mass is 9.59. The van der Waals surface area contributed by atoms with Gasteiger partial charge in [0.15, 0.2) is 0 Å². The molecular weight excluding hydrogens is 263 g/mol. The van der Waals surface area contributed by atoms with Crippen molar-refractivity contribution in [3.8, 4) is 0 Å². The van der Waals surface area contributed by atoms with Crippen LogP contribution in [0.3, 0.4) is 0 Å². The summed E-state index contributed by atoms with van der Waals surface area (Å²) in [5.41, 5.74) is 5.00. The lowest BCUT2D eigenvalue weighted by Gasteiger charge is -2.48. The largest absolute Gasteiger partial charge is 0.271 e. The number of halogens is 1. The molecule has 0 bridgehead atoms. The van der Waals surface area contributed by atoms with E-state index in [4.69, 9.17) is 5.84 Å². The van der Waals surface area contributed by atoms with E-state index in [1.807, 2.05) is 18.2 Å². The Balaban J connectivity index is 1.90. The van der Waals surface area contributed by atoms with Crippen LogP contribution in [0.25, 0.3) is 0 Å². The van der Waals surface area contributed by atoms with Crippen LogP contribution in [-0.4, -0.2) is 6.04 Å². The SMILES string of the molecule is NNC(Cc1ccccc1F)C1(c2ccccc2)CCC1. The van der Waals surface area contributed by atoms with Gasteiger partial charge in [0.05, 0.1) is 0 Å². The van der Waals surface area contributed by atoms with Crippen molar-refractivity contribution in [1.82, 2.24) is 5.43 Å². The minimum absolute atomic E-state index is 0.0261. The highest BCUT2D eigenvalue weighted by Gasteiger charge is 2.45. The third-order valence-electron chi connectivity index (χ3n) is 4.84. The lowest BCUT2D eigenvalue weighted by Crippen LogP contribution is -2.56. The van der Waals surface area contributed by atoms with Gasteiger partial charge in [0.25, 0.3) is 0 Å². The molecule has 0 aliphatic heterocycles. The van der Waals surface area contributed by atoms with Crippen LogP contribution in [0.1, 0.15) is 30.4 Å². The smallest absolute Gasteiger partial charge is 0.126 e. The highest BCUT2D eigenvalue weighted by Crippen LogP contribution is 2.47. The van der Waals surface area contributed by atoms with Crippen molar-refractivity contribution < 1.29 is 4.39 Å². The summed E-state index contributed by atoms with van der Waals surface area (Å²) in [6.45, 7) is 0. The van der Waals surface area contributed by atoms with Crippen molar-refractivity contribution in [2.24, 2.45) is 5.84 Å². The normalized spacial score (nSPS) is 18.0. The lowest BCUT2D eigenvalue weighted by molar-refractivity contribution is 0.167. The van der Waals surface area contributed by atoms with E-state index in [2.05, 4.69) is 29.7 Å². The number of nitrogens with one attached hydrogen (secondary N) is 1. The molecule has 0 saturated heterocycles. The van der Waals surface area contributed by atoms with Gasteiger partial charge in [-0.25, -0.2) is 4.39 Å². The predicted molar refractivity (Wildman–Crippen MR) is 83.2 cm³/mol. The molecule has 1 aliphatic rings. The van der Waals surface area contributed by atoms with E-state index >= 15 is 0 Å². The van der Waals surface area contributed by atoms with E-state index in [1.165, 1.54) is 18.1 Å². The number of hydrazine groups is 1. The molecule has 0 radical (unpaired) electrons. The Morgan fingerprint density at radius 2 is 1.71 bits per heavy atom. The highest BCUT2D eigenvalue weighted by molar-refractivity contribution is 5.32. The maximum Gasteiger partial charge on any atom is 0.126 e. The van der Waals surface area contributed by atoms with Crippen LogP contribution in [0.15, 0.2) is 54.6 Å². The fourth-order valence-corrected chi connectivity index (χ4v) is 3.46. The summed E-state index contributed by atoms with van der Waals surface area (Å²) in [5.74, 6) is 5.68. The van der Waals surface area contributed by atoms with Crippen molar-refractivity contribution in [2.75, 3.05) is 0 Å². The van der Waals surface area contributed by atoms with Crippen LogP contribution >= 0.6 is 0 Å². The van der Waals surface area contributed by atoms with E-state index in [0.29, 0.717) is 6.42 Å². The van der Waals surface area contributed by atoms with Gasteiger partial charge >= 0.3 is 0 Å². The van der Waals surface area contributed by atoms with Gasteiger partial charge < -0.3 is 0 Å². The third-order valence-corrected chi connectivity index (χ3v) is 4.84. The minimum Gasteiger partial charge on any atom is -0.271 e. The van der Waals surface area contributed by atoms with Gasteiger partial charge in [0, 0.05) is 11.5 Å². The summed E-state index contributed by atoms with van der Waals surface area (Å²) >= 11 is 0. The van der Waals surface area contributed by atoms with Crippen LogP contribution in [0.5, 0.6) is 0 Å². The molecule has 1 unspecified atom stereocenters. The molecule has 0 aromatic heterocycles. The fraction of sp³-hybridized carbons (Fsp3) is 0.333. The quantitative estimate of drug-likeness (QED) is 0.653. The van der Waals surface area contributed by atoms with Gasteiger partial charge in [-0.2, -0.15) is 0 Å². The zero-order valence-electron chi connectivity index (χ0n) is 12.1. The summed E-state index contributed by atoms with van der Waals surface area (Å²) in [4.78, 5) is 0. The van der Waals surface area contributed by atoms with Crippen LogP contribution in [0.2, 0.25) is 0 Å². The zero-order valence-corrected chi connectivity index (χ0v) is 12.1. The number of rotatable bonds is 5. The van der Waals surface area contributed by atoms with Gasteiger partial charge in [-0.3, -0.25) is 11.3 Å².